The number of hydrogen-bond acceptors (Lipinski definition) is 3. The monoisotopic (exact) mass is 288 g/mol. The lowest BCUT2D eigenvalue weighted by molar-refractivity contribution is -0.120. The third-order valence-corrected chi connectivity index (χ3v) is 3.98. The fourth-order valence-corrected chi connectivity index (χ4v) is 2.79. The van der Waals surface area contributed by atoms with Crippen LogP contribution in [0.4, 0.5) is 0 Å². The quantitative estimate of drug-likeness (QED) is 0.886. The van der Waals surface area contributed by atoms with Gasteiger partial charge in [-0.25, -0.2) is 0 Å². The number of nitrogens with one attached hydrogen (secondary N) is 1. The Hall–Kier alpha value is -1.65. The molecule has 0 unspecified atom stereocenters. The van der Waals surface area contributed by atoms with E-state index in [-0.39, 0.29) is 11.9 Å². The molecule has 2 rings (SSSR count). The maximum absolute atomic E-state index is 11.9. The van der Waals surface area contributed by atoms with Crippen LogP contribution in [0.3, 0.4) is 0 Å². The van der Waals surface area contributed by atoms with E-state index in [1.54, 1.807) is 11.3 Å². The molecule has 106 valence electrons. The average molecular weight is 288 g/mol. The number of thiophene rings is 1. The van der Waals surface area contributed by atoms with Crippen molar-refractivity contribution >= 4 is 17.2 Å². The molecule has 1 amide bonds. The van der Waals surface area contributed by atoms with Gasteiger partial charge in [-0.1, -0.05) is 30.3 Å². The maximum atomic E-state index is 11.9. The minimum atomic E-state index is 0.0752. The van der Waals surface area contributed by atoms with Crippen molar-refractivity contribution in [3.05, 3.63) is 58.3 Å². The molecule has 0 saturated carbocycles. The van der Waals surface area contributed by atoms with E-state index in [9.17, 15) is 4.79 Å². The normalized spacial score (nSPS) is 12.3. The van der Waals surface area contributed by atoms with Crippen LogP contribution in [-0.2, 0) is 11.2 Å². The molecule has 1 heterocycles. The van der Waals surface area contributed by atoms with Gasteiger partial charge >= 0.3 is 0 Å². The number of rotatable bonds is 6. The molecule has 1 atom stereocenters. The zero-order chi connectivity index (χ0) is 14.4. The molecule has 0 radical (unpaired) electrons. The van der Waals surface area contributed by atoms with Gasteiger partial charge in [-0.05, 0) is 42.0 Å². The Morgan fingerprint density at radius 1 is 1.25 bits per heavy atom. The first-order valence-corrected chi connectivity index (χ1v) is 7.60. The Morgan fingerprint density at radius 3 is 2.60 bits per heavy atom. The van der Waals surface area contributed by atoms with Crippen LogP contribution in [0.2, 0.25) is 0 Å². The van der Waals surface area contributed by atoms with Gasteiger partial charge in [-0.2, -0.15) is 11.3 Å². The first-order valence-electron chi connectivity index (χ1n) is 6.66. The Labute approximate surface area is 124 Å². The standard InChI is InChI=1S/C16H20N2OS/c1-18(2)15(14-6-4-3-5-7-14)11-17-16(19)10-13-8-9-20-12-13/h3-9,12,15H,10-11H2,1-2H3,(H,17,19)/t15-/m1/s1. The number of likely N-dealkylation sites (N-methyl/N-ethyl adjacent to an activating group) is 1. The number of benzene rings is 1. The van der Waals surface area contributed by atoms with E-state index in [1.807, 2.05) is 49.1 Å². The van der Waals surface area contributed by atoms with Crippen LogP contribution in [0, 0.1) is 0 Å². The van der Waals surface area contributed by atoms with E-state index in [0.29, 0.717) is 13.0 Å². The van der Waals surface area contributed by atoms with Crippen LogP contribution in [0.1, 0.15) is 17.2 Å². The van der Waals surface area contributed by atoms with E-state index < -0.39 is 0 Å². The SMILES string of the molecule is CN(C)[C@H](CNC(=O)Cc1ccsc1)c1ccccc1. The van der Waals surface area contributed by atoms with E-state index in [4.69, 9.17) is 0 Å². The fourth-order valence-electron chi connectivity index (χ4n) is 2.13. The van der Waals surface area contributed by atoms with Gasteiger partial charge in [0.05, 0.1) is 12.5 Å². The largest absolute Gasteiger partial charge is 0.354 e. The van der Waals surface area contributed by atoms with Crippen LogP contribution in [0.25, 0.3) is 0 Å². The summed E-state index contributed by atoms with van der Waals surface area (Å²) in [5, 5.41) is 7.03. The van der Waals surface area contributed by atoms with Gasteiger partial charge in [0.2, 0.25) is 5.91 Å². The number of hydrogen-bond donors (Lipinski definition) is 1. The van der Waals surface area contributed by atoms with Crippen molar-refractivity contribution in [2.75, 3.05) is 20.6 Å². The maximum Gasteiger partial charge on any atom is 0.224 e. The number of carbonyl (C=O) groups is 1. The third-order valence-electron chi connectivity index (χ3n) is 3.25. The highest BCUT2D eigenvalue weighted by molar-refractivity contribution is 7.07. The van der Waals surface area contributed by atoms with E-state index in [0.717, 1.165) is 5.56 Å². The molecular formula is C16H20N2OS. The lowest BCUT2D eigenvalue weighted by Crippen LogP contribution is -2.35. The molecule has 0 aliphatic rings. The van der Waals surface area contributed by atoms with E-state index in [1.165, 1.54) is 5.56 Å². The predicted octanol–water partition coefficient (Wildman–Crippen LogP) is 2.71. The smallest absolute Gasteiger partial charge is 0.224 e. The zero-order valence-corrected chi connectivity index (χ0v) is 12.7. The molecule has 20 heavy (non-hydrogen) atoms. The first-order chi connectivity index (χ1) is 9.66. The van der Waals surface area contributed by atoms with Crippen LogP contribution in [0.5, 0.6) is 0 Å². The highest BCUT2D eigenvalue weighted by Gasteiger charge is 2.14. The molecule has 0 spiro atoms. The zero-order valence-electron chi connectivity index (χ0n) is 11.9. The molecule has 0 aliphatic carbocycles. The Bertz CT molecular complexity index is 523. The summed E-state index contributed by atoms with van der Waals surface area (Å²) in [6, 6.07) is 12.4. The lowest BCUT2D eigenvalue weighted by Gasteiger charge is -2.25. The molecule has 1 N–H and O–H groups in total. The summed E-state index contributed by atoms with van der Waals surface area (Å²) in [6.45, 7) is 0.625. The minimum Gasteiger partial charge on any atom is -0.354 e. The Balaban J connectivity index is 1.91. The van der Waals surface area contributed by atoms with Crippen molar-refractivity contribution in [2.45, 2.75) is 12.5 Å². The van der Waals surface area contributed by atoms with Crippen molar-refractivity contribution < 1.29 is 4.79 Å². The van der Waals surface area contributed by atoms with Crippen molar-refractivity contribution in [1.29, 1.82) is 0 Å². The summed E-state index contributed by atoms with van der Waals surface area (Å²) < 4.78 is 0. The first kappa shape index (κ1) is 14.8. The Morgan fingerprint density at radius 2 is 2.00 bits per heavy atom. The fraction of sp³-hybridized carbons (Fsp3) is 0.312. The summed E-state index contributed by atoms with van der Waals surface area (Å²) in [6.07, 6.45) is 0.457. The summed E-state index contributed by atoms with van der Waals surface area (Å²) in [4.78, 5) is 14.1. The topological polar surface area (TPSA) is 32.3 Å². The van der Waals surface area contributed by atoms with Crippen LogP contribution in [-0.4, -0.2) is 31.4 Å². The highest BCUT2D eigenvalue weighted by atomic mass is 32.1. The van der Waals surface area contributed by atoms with Gasteiger partial charge in [-0.15, -0.1) is 0 Å². The highest BCUT2D eigenvalue weighted by Crippen LogP contribution is 2.16. The van der Waals surface area contributed by atoms with Crippen molar-refractivity contribution in [1.82, 2.24) is 10.2 Å². The third kappa shape index (κ3) is 4.18. The molecule has 0 aliphatic heterocycles. The Kier molecular flexibility index (Phi) is 5.32. The van der Waals surface area contributed by atoms with Crippen LogP contribution >= 0.6 is 11.3 Å². The minimum absolute atomic E-state index is 0.0752. The van der Waals surface area contributed by atoms with Crippen LogP contribution < -0.4 is 5.32 Å². The van der Waals surface area contributed by atoms with Crippen molar-refractivity contribution in [3.63, 3.8) is 0 Å². The summed E-state index contributed by atoms with van der Waals surface area (Å²) in [5.74, 6) is 0.0752. The predicted molar refractivity (Wildman–Crippen MR) is 83.9 cm³/mol. The van der Waals surface area contributed by atoms with Gasteiger partial charge < -0.3 is 10.2 Å². The number of amides is 1. The van der Waals surface area contributed by atoms with Crippen molar-refractivity contribution in [3.8, 4) is 0 Å². The molecule has 0 bridgehead atoms. The summed E-state index contributed by atoms with van der Waals surface area (Å²) >= 11 is 1.62. The second-order valence-electron chi connectivity index (χ2n) is 5.00. The average Bonchev–Trinajstić information content (AvgIpc) is 2.92. The number of carbonyl (C=O) groups excluding carboxylic acids is 1. The second kappa shape index (κ2) is 7.22. The van der Waals surface area contributed by atoms with Gasteiger partial charge in [0.25, 0.3) is 0 Å². The van der Waals surface area contributed by atoms with Crippen LogP contribution in [0.15, 0.2) is 47.2 Å². The second-order valence-corrected chi connectivity index (χ2v) is 5.78. The van der Waals surface area contributed by atoms with Crippen molar-refractivity contribution in [2.24, 2.45) is 0 Å². The number of nitrogens with zero attached hydrogens (tertiary/aromatic N) is 1. The van der Waals surface area contributed by atoms with Gasteiger partial charge in [0.1, 0.15) is 0 Å². The van der Waals surface area contributed by atoms with Gasteiger partial charge in [0.15, 0.2) is 0 Å². The van der Waals surface area contributed by atoms with Gasteiger partial charge in [0, 0.05) is 6.54 Å². The summed E-state index contributed by atoms with van der Waals surface area (Å²) in [7, 11) is 4.06. The molecule has 4 heteroatoms. The molecule has 1 aromatic carbocycles. The lowest BCUT2D eigenvalue weighted by atomic mass is 10.1. The molecule has 3 nitrogen and oxygen atoms in total. The van der Waals surface area contributed by atoms with E-state index in [2.05, 4.69) is 22.3 Å². The summed E-state index contributed by atoms with van der Waals surface area (Å²) in [5.41, 5.74) is 2.29. The molecule has 0 fully saturated rings. The van der Waals surface area contributed by atoms with E-state index >= 15 is 0 Å². The van der Waals surface area contributed by atoms with Gasteiger partial charge in [-0.3, -0.25) is 4.79 Å². The molecule has 2 aromatic rings. The molecule has 1 aromatic heterocycles. The molecule has 0 saturated heterocycles. The molecular weight excluding hydrogens is 268 g/mol.